The Morgan fingerprint density at radius 2 is 1.95 bits per heavy atom. The Bertz CT molecular complexity index is 701. The zero-order chi connectivity index (χ0) is 13.2. The number of imidazole rings is 1. The number of rotatable bonds is 3. The first-order valence-electron chi connectivity index (χ1n) is 6.41. The van der Waals surface area contributed by atoms with Crippen LogP contribution in [0.4, 0.5) is 0 Å². The topological polar surface area (TPSA) is 38.1 Å². The summed E-state index contributed by atoms with van der Waals surface area (Å²) in [5.41, 5.74) is 1.21. The van der Waals surface area contributed by atoms with Crippen molar-refractivity contribution in [1.82, 2.24) is 9.55 Å². The van der Waals surface area contributed by atoms with Gasteiger partial charge in [0, 0.05) is 18.9 Å². The molecular formula is C16H16N2O. The number of nitrogens with zero attached hydrogens (tertiary/aromatic N) is 2. The van der Waals surface area contributed by atoms with Crippen LogP contribution in [0.1, 0.15) is 24.4 Å². The summed E-state index contributed by atoms with van der Waals surface area (Å²) in [6, 6.07) is 14.7. The highest BCUT2D eigenvalue weighted by Crippen LogP contribution is 2.18. The van der Waals surface area contributed by atoms with Crippen molar-refractivity contribution in [2.45, 2.75) is 19.6 Å². The van der Waals surface area contributed by atoms with E-state index in [0.29, 0.717) is 5.82 Å². The standard InChI is InChI=1S/C16H16N2O/c1-12(19)16-17-8-9-18(16)11-13-6-7-14-4-2-3-5-15(14)10-13/h2-10,12,19H,11H2,1H3. The highest BCUT2D eigenvalue weighted by Gasteiger charge is 2.08. The highest BCUT2D eigenvalue weighted by molar-refractivity contribution is 5.82. The average Bonchev–Trinajstić information content (AvgIpc) is 2.87. The fourth-order valence-corrected chi connectivity index (χ4v) is 2.36. The smallest absolute Gasteiger partial charge is 0.137 e. The lowest BCUT2D eigenvalue weighted by Gasteiger charge is -2.10. The maximum absolute atomic E-state index is 9.66. The number of aliphatic hydroxyl groups is 1. The summed E-state index contributed by atoms with van der Waals surface area (Å²) in [5.74, 6) is 0.702. The third-order valence-corrected chi connectivity index (χ3v) is 3.29. The van der Waals surface area contributed by atoms with Crippen LogP contribution in [0, 0.1) is 0 Å². The molecule has 0 aliphatic rings. The molecule has 1 heterocycles. The van der Waals surface area contributed by atoms with Crippen LogP contribution in [0.5, 0.6) is 0 Å². The predicted molar refractivity (Wildman–Crippen MR) is 75.9 cm³/mol. The fraction of sp³-hybridized carbons (Fsp3) is 0.188. The second-order valence-electron chi connectivity index (χ2n) is 4.77. The summed E-state index contributed by atoms with van der Waals surface area (Å²) in [6.07, 6.45) is 3.08. The first kappa shape index (κ1) is 11.9. The molecule has 1 unspecified atom stereocenters. The van der Waals surface area contributed by atoms with Gasteiger partial charge in [-0.2, -0.15) is 0 Å². The third kappa shape index (κ3) is 2.37. The number of benzene rings is 2. The van der Waals surface area contributed by atoms with E-state index in [1.54, 1.807) is 13.1 Å². The first-order valence-corrected chi connectivity index (χ1v) is 6.41. The van der Waals surface area contributed by atoms with Gasteiger partial charge in [0.15, 0.2) is 0 Å². The van der Waals surface area contributed by atoms with E-state index in [0.717, 1.165) is 6.54 Å². The molecular weight excluding hydrogens is 236 g/mol. The second kappa shape index (κ2) is 4.86. The molecule has 0 radical (unpaired) electrons. The molecule has 96 valence electrons. The summed E-state index contributed by atoms with van der Waals surface area (Å²) in [4.78, 5) is 4.19. The molecule has 3 aromatic rings. The number of hydrogen-bond donors (Lipinski definition) is 1. The molecule has 2 aromatic carbocycles. The van der Waals surface area contributed by atoms with Crippen molar-refractivity contribution >= 4 is 10.8 Å². The fourth-order valence-electron chi connectivity index (χ4n) is 2.36. The van der Waals surface area contributed by atoms with Gasteiger partial charge in [-0.15, -0.1) is 0 Å². The number of aromatic nitrogens is 2. The molecule has 1 aromatic heterocycles. The van der Waals surface area contributed by atoms with Gasteiger partial charge < -0.3 is 9.67 Å². The van der Waals surface area contributed by atoms with Gasteiger partial charge in [0.05, 0.1) is 0 Å². The monoisotopic (exact) mass is 252 g/mol. The van der Waals surface area contributed by atoms with Crippen LogP contribution in [0.25, 0.3) is 10.8 Å². The SMILES string of the molecule is CC(O)c1nccn1Cc1ccc2ccccc2c1. The maximum Gasteiger partial charge on any atom is 0.137 e. The van der Waals surface area contributed by atoms with E-state index in [4.69, 9.17) is 0 Å². The van der Waals surface area contributed by atoms with Crippen LogP contribution in [0.15, 0.2) is 54.9 Å². The summed E-state index contributed by atoms with van der Waals surface area (Å²) < 4.78 is 1.98. The van der Waals surface area contributed by atoms with Gasteiger partial charge in [-0.3, -0.25) is 0 Å². The van der Waals surface area contributed by atoms with Crippen LogP contribution >= 0.6 is 0 Å². The van der Waals surface area contributed by atoms with Crippen LogP contribution < -0.4 is 0 Å². The van der Waals surface area contributed by atoms with Crippen LogP contribution in [-0.2, 0) is 6.54 Å². The van der Waals surface area contributed by atoms with E-state index in [-0.39, 0.29) is 0 Å². The quantitative estimate of drug-likeness (QED) is 0.777. The normalized spacial score (nSPS) is 12.7. The Labute approximate surface area is 112 Å². The Morgan fingerprint density at radius 3 is 2.74 bits per heavy atom. The molecule has 0 saturated carbocycles. The van der Waals surface area contributed by atoms with Gasteiger partial charge in [-0.25, -0.2) is 4.98 Å². The Hall–Kier alpha value is -2.13. The molecule has 19 heavy (non-hydrogen) atoms. The molecule has 0 aliphatic heterocycles. The lowest BCUT2D eigenvalue weighted by Crippen LogP contribution is -2.07. The largest absolute Gasteiger partial charge is 0.385 e. The second-order valence-corrected chi connectivity index (χ2v) is 4.77. The van der Waals surface area contributed by atoms with Crippen LogP contribution in [0.2, 0.25) is 0 Å². The molecule has 0 amide bonds. The van der Waals surface area contributed by atoms with E-state index >= 15 is 0 Å². The zero-order valence-electron chi connectivity index (χ0n) is 10.8. The van der Waals surface area contributed by atoms with Crippen molar-refractivity contribution in [1.29, 1.82) is 0 Å². The van der Waals surface area contributed by atoms with Gasteiger partial charge in [0.2, 0.25) is 0 Å². The summed E-state index contributed by atoms with van der Waals surface area (Å²) in [7, 11) is 0. The van der Waals surface area contributed by atoms with Crippen molar-refractivity contribution in [2.75, 3.05) is 0 Å². The molecule has 1 atom stereocenters. The molecule has 0 fully saturated rings. The molecule has 3 heteroatoms. The molecule has 0 bridgehead atoms. The Morgan fingerprint density at radius 1 is 1.16 bits per heavy atom. The summed E-state index contributed by atoms with van der Waals surface area (Å²) >= 11 is 0. The summed E-state index contributed by atoms with van der Waals surface area (Å²) in [5, 5.41) is 12.1. The van der Waals surface area contributed by atoms with Crippen molar-refractivity contribution in [3.8, 4) is 0 Å². The third-order valence-electron chi connectivity index (χ3n) is 3.29. The first-order chi connectivity index (χ1) is 9.24. The Kier molecular flexibility index (Phi) is 3.05. The van der Waals surface area contributed by atoms with Crippen LogP contribution in [-0.4, -0.2) is 14.7 Å². The molecule has 0 spiro atoms. The lowest BCUT2D eigenvalue weighted by molar-refractivity contribution is 0.184. The van der Waals surface area contributed by atoms with Gasteiger partial charge in [-0.05, 0) is 29.3 Å². The van der Waals surface area contributed by atoms with Crippen molar-refractivity contribution in [3.63, 3.8) is 0 Å². The summed E-state index contributed by atoms with van der Waals surface area (Å²) in [6.45, 7) is 2.46. The minimum Gasteiger partial charge on any atom is -0.385 e. The molecule has 0 saturated heterocycles. The zero-order valence-corrected chi connectivity index (χ0v) is 10.8. The van der Waals surface area contributed by atoms with Gasteiger partial charge in [-0.1, -0.05) is 36.4 Å². The van der Waals surface area contributed by atoms with Crippen molar-refractivity contribution in [2.24, 2.45) is 0 Å². The maximum atomic E-state index is 9.66. The Balaban J connectivity index is 1.94. The van der Waals surface area contributed by atoms with E-state index in [1.807, 2.05) is 22.9 Å². The molecule has 1 N–H and O–H groups in total. The molecule has 0 aliphatic carbocycles. The molecule has 3 rings (SSSR count). The van der Waals surface area contributed by atoms with E-state index in [2.05, 4.69) is 35.3 Å². The van der Waals surface area contributed by atoms with Gasteiger partial charge in [0.1, 0.15) is 11.9 Å². The minimum absolute atomic E-state index is 0.546. The van der Waals surface area contributed by atoms with Gasteiger partial charge >= 0.3 is 0 Å². The average molecular weight is 252 g/mol. The van der Waals surface area contributed by atoms with Gasteiger partial charge in [0.25, 0.3) is 0 Å². The number of aliphatic hydroxyl groups excluding tert-OH is 1. The molecule has 3 nitrogen and oxygen atoms in total. The van der Waals surface area contributed by atoms with Crippen LogP contribution in [0.3, 0.4) is 0 Å². The minimum atomic E-state index is -0.546. The van der Waals surface area contributed by atoms with E-state index < -0.39 is 6.10 Å². The highest BCUT2D eigenvalue weighted by atomic mass is 16.3. The predicted octanol–water partition coefficient (Wildman–Crippen LogP) is 3.14. The van der Waals surface area contributed by atoms with E-state index in [1.165, 1.54) is 16.3 Å². The van der Waals surface area contributed by atoms with Crippen molar-refractivity contribution < 1.29 is 5.11 Å². The van der Waals surface area contributed by atoms with Crippen molar-refractivity contribution in [3.05, 3.63) is 66.2 Å². The number of hydrogen-bond acceptors (Lipinski definition) is 2. The lowest BCUT2D eigenvalue weighted by atomic mass is 10.1. The number of fused-ring (bicyclic) bond motifs is 1. The van der Waals surface area contributed by atoms with E-state index in [9.17, 15) is 5.11 Å².